The average molecular weight is 289 g/mol. The van der Waals surface area contributed by atoms with Crippen molar-refractivity contribution in [1.82, 2.24) is 15.4 Å². The van der Waals surface area contributed by atoms with E-state index >= 15 is 0 Å². The van der Waals surface area contributed by atoms with Gasteiger partial charge in [0.25, 0.3) is 0 Å². The van der Waals surface area contributed by atoms with Gasteiger partial charge in [0.1, 0.15) is 0 Å². The van der Waals surface area contributed by atoms with Crippen LogP contribution in [0.2, 0.25) is 0 Å². The SMILES string of the molecule is CS(=O)(=O)NC1CCCC1CNC(=O)C1CCCN1. The average Bonchev–Trinajstić information content (AvgIpc) is 2.94. The molecule has 0 spiro atoms. The minimum atomic E-state index is -3.17. The molecule has 110 valence electrons. The van der Waals surface area contributed by atoms with Crippen molar-refractivity contribution in [3.05, 3.63) is 0 Å². The van der Waals surface area contributed by atoms with E-state index in [9.17, 15) is 13.2 Å². The molecule has 7 heteroatoms. The molecule has 0 radical (unpaired) electrons. The summed E-state index contributed by atoms with van der Waals surface area (Å²) in [6, 6.07) is -0.102. The van der Waals surface area contributed by atoms with Crippen LogP contribution in [0.3, 0.4) is 0 Å². The number of sulfonamides is 1. The molecule has 0 aromatic rings. The van der Waals surface area contributed by atoms with Crippen molar-refractivity contribution in [3.63, 3.8) is 0 Å². The van der Waals surface area contributed by atoms with E-state index in [4.69, 9.17) is 0 Å². The quantitative estimate of drug-likeness (QED) is 0.641. The molecule has 6 nitrogen and oxygen atoms in total. The third-order valence-electron chi connectivity index (χ3n) is 3.94. The lowest BCUT2D eigenvalue weighted by atomic mass is 10.0. The first-order valence-electron chi connectivity index (χ1n) is 6.94. The number of amides is 1. The largest absolute Gasteiger partial charge is 0.354 e. The molecule has 2 aliphatic rings. The van der Waals surface area contributed by atoms with Crippen LogP contribution in [-0.2, 0) is 14.8 Å². The van der Waals surface area contributed by atoms with Gasteiger partial charge >= 0.3 is 0 Å². The summed E-state index contributed by atoms with van der Waals surface area (Å²) in [6.07, 6.45) is 5.95. The van der Waals surface area contributed by atoms with Crippen LogP contribution in [-0.4, -0.2) is 45.8 Å². The molecule has 0 aromatic carbocycles. The molecule has 19 heavy (non-hydrogen) atoms. The van der Waals surface area contributed by atoms with E-state index in [1.807, 2.05) is 0 Å². The molecule has 1 saturated heterocycles. The van der Waals surface area contributed by atoms with Crippen molar-refractivity contribution in [2.45, 2.75) is 44.2 Å². The highest BCUT2D eigenvalue weighted by molar-refractivity contribution is 7.88. The lowest BCUT2D eigenvalue weighted by molar-refractivity contribution is -0.122. The van der Waals surface area contributed by atoms with Gasteiger partial charge in [0.15, 0.2) is 0 Å². The van der Waals surface area contributed by atoms with Crippen LogP contribution in [0.15, 0.2) is 0 Å². The maximum Gasteiger partial charge on any atom is 0.237 e. The fourth-order valence-electron chi connectivity index (χ4n) is 2.97. The molecule has 0 bridgehead atoms. The summed E-state index contributed by atoms with van der Waals surface area (Å²) >= 11 is 0. The maximum absolute atomic E-state index is 11.9. The summed E-state index contributed by atoms with van der Waals surface area (Å²) in [5.41, 5.74) is 0. The highest BCUT2D eigenvalue weighted by Gasteiger charge is 2.30. The summed E-state index contributed by atoms with van der Waals surface area (Å²) in [5.74, 6) is 0.252. The van der Waals surface area contributed by atoms with Crippen molar-refractivity contribution in [2.75, 3.05) is 19.3 Å². The second-order valence-corrected chi connectivity index (χ2v) is 7.36. The van der Waals surface area contributed by atoms with Gasteiger partial charge in [0, 0.05) is 12.6 Å². The Hall–Kier alpha value is -0.660. The Bertz CT molecular complexity index is 418. The lowest BCUT2D eigenvalue weighted by Gasteiger charge is -2.21. The minimum absolute atomic E-state index is 0.0353. The first-order valence-corrected chi connectivity index (χ1v) is 8.83. The zero-order chi connectivity index (χ0) is 13.9. The van der Waals surface area contributed by atoms with Crippen LogP contribution >= 0.6 is 0 Å². The van der Waals surface area contributed by atoms with Gasteiger partial charge in [-0.2, -0.15) is 0 Å². The number of carbonyl (C=O) groups excluding carboxylic acids is 1. The molecule has 1 amide bonds. The number of hydrogen-bond donors (Lipinski definition) is 3. The topological polar surface area (TPSA) is 87.3 Å². The summed E-state index contributed by atoms with van der Waals surface area (Å²) < 4.78 is 25.2. The van der Waals surface area contributed by atoms with Crippen LogP contribution in [0, 0.1) is 5.92 Å². The Balaban J connectivity index is 1.79. The first kappa shape index (κ1) is 14.7. The summed E-state index contributed by atoms with van der Waals surface area (Å²) in [6.45, 7) is 1.46. The Kier molecular flexibility index (Phi) is 4.81. The van der Waals surface area contributed by atoms with Crippen LogP contribution in [0.4, 0.5) is 0 Å². The summed E-state index contributed by atoms with van der Waals surface area (Å²) in [4.78, 5) is 11.9. The zero-order valence-electron chi connectivity index (χ0n) is 11.3. The molecule has 2 fully saturated rings. The third kappa shape index (κ3) is 4.43. The molecule has 3 N–H and O–H groups in total. The molecular formula is C12H23N3O3S. The van der Waals surface area contributed by atoms with Crippen LogP contribution in [0.25, 0.3) is 0 Å². The summed E-state index contributed by atoms with van der Waals surface area (Å²) in [5, 5.41) is 6.10. The van der Waals surface area contributed by atoms with Crippen molar-refractivity contribution < 1.29 is 13.2 Å². The fourth-order valence-corrected chi connectivity index (χ4v) is 3.83. The number of nitrogens with one attached hydrogen (secondary N) is 3. The number of hydrogen-bond acceptors (Lipinski definition) is 4. The monoisotopic (exact) mass is 289 g/mol. The minimum Gasteiger partial charge on any atom is -0.354 e. The zero-order valence-corrected chi connectivity index (χ0v) is 12.1. The summed E-state index contributed by atoms with van der Waals surface area (Å²) in [7, 11) is -3.17. The molecule has 1 heterocycles. The molecule has 3 unspecified atom stereocenters. The Morgan fingerprint density at radius 1 is 1.26 bits per heavy atom. The Morgan fingerprint density at radius 3 is 2.68 bits per heavy atom. The first-order chi connectivity index (χ1) is 8.96. The molecule has 1 saturated carbocycles. The van der Waals surface area contributed by atoms with E-state index in [1.165, 1.54) is 6.26 Å². The van der Waals surface area contributed by atoms with Crippen LogP contribution in [0.1, 0.15) is 32.1 Å². The van der Waals surface area contributed by atoms with Gasteiger partial charge in [0.05, 0.1) is 12.3 Å². The Morgan fingerprint density at radius 2 is 2.05 bits per heavy atom. The second kappa shape index (κ2) is 6.19. The highest BCUT2D eigenvalue weighted by atomic mass is 32.2. The predicted octanol–water partition coefficient (Wildman–Crippen LogP) is -0.427. The van der Waals surface area contributed by atoms with E-state index in [0.29, 0.717) is 6.54 Å². The van der Waals surface area contributed by atoms with Crippen molar-refractivity contribution in [2.24, 2.45) is 5.92 Å². The van der Waals surface area contributed by atoms with Gasteiger partial charge in [-0.3, -0.25) is 4.79 Å². The second-order valence-electron chi connectivity index (χ2n) is 5.58. The van der Waals surface area contributed by atoms with Crippen molar-refractivity contribution in [3.8, 4) is 0 Å². The van der Waals surface area contributed by atoms with E-state index in [0.717, 1.165) is 38.6 Å². The van der Waals surface area contributed by atoms with Crippen molar-refractivity contribution >= 4 is 15.9 Å². The van der Waals surface area contributed by atoms with E-state index in [-0.39, 0.29) is 23.9 Å². The molecule has 0 aromatic heterocycles. The number of rotatable bonds is 5. The van der Waals surface area contributed by atoms with E-state index in [2.05, 4.69) is 15.4 Å². The standard InChI is InChI=1S/C12H23N3O3S/c1-19(17,18)15-10-5-2-4-9(10)8-14-12(16)11-6-3-7-13-11/h9-11,13,15H,2-8H2,1H3,(H,14,16). The third-order valence-corrected chi connectivity index (χ3v) is 4.67. The number of carbonyl (C=O) groups is 1. The molecule has 1 aliphatic carbocycles. The maximum atomic E-state index is 11.9. The van der Waals surface area contributed by atoms with E-state index < -0.39 is 10.0 Å². The van der Waals surface area contributed by atoms with E-state index in [1.54, 1.807) is 0 Å². The molecule has 1 aliphatic heterocycles. The van der Waals surface area contributed by atoms with Gasteiger partial charge in [0.2, 0.25) is 15.9 Å². The van der Waals surface area contributed by atoms with Gasteiger partial charge in [-0.15, -0.1) is 0 Å². The van der Waals surface area contributed by atoms with Gasteiger partial charge in [-0.1, -0.05) is 6.42 Å². The lowest BCUT2D eigenvalue weighted by Crippen LogP contribution is -2.45. The smallest absolute Gasteiger partial charge is 0.237 e. The highest BCUT2D eigenvalue weighted by Crippen LogP contribution is 2.25. The van der Waals surface area contributed by atoms with Crippen molar-refractivity contribution in [1.29, 1.82) is 0 Å². The van der Waals surface area contributed by atoms with Gasteiger partial charge < -0.3 is 10.6 Å². The van der Waals surface area contributed by atoms with Gasteiger partial charge in [-0.25, -0.2) is 13.1 Å². The fraction of sp³-hybridized carbons (Fsp3) is 0.917. The molecule has 2 rings (SSSR count). The molecular weight excluding hydrogens is 266 g/mol. The predicted molar refractivity (Wildman–Crippen MR) is 73.1 cm³/mol. The van der Waals surface area contributed by atoms with Crippen LogP contribution in [0.5, 0.6) is 0 Å². The van der Waals surface area contributed by atoms with Crippen LogP contribution < -0.4 is 15.4 Å². The van der Waals surface area contributed by atoms with Gasteiger partial charge in [-0.05, 0) is 38.1 Å². The normalized spacial score (nSPS) is 31.5. The molecule has 3 atom stereocenters. The Labute approximate surface area is 114 Å².